The number of imide groups is 1. The molecule has 36 heavy (non-hydrogen) atoms. The number of benzene rings is 1. The zero-order valence-electron chi connectivity index (χ0n) is 21.3. The average Bonchev–Trinajstić information content (AvgIpc) is 3.21. The van der Waals surface area contributed by atoms with Gasteiger partial charge < -0.3 is 19.7 Å². The fraction of sp³-hybridized carbons (Fsp3) is 0.679. The van der Waals surface area contributed by atoms with Crippen LogP contribution in [0, 0.1) is 5.92 Å². The number of rotatable bonds is 8. The largest absolute Gasteiger partial charge is 0.489 e. The molecule has 3 atom stereocenters. The van der Waals surface area contributed by atoms with E-state index in [0.717, 1.165) is 43.0 Å². The Kier molecular flexibility index (Phi) is 7.91. The molecular weight excluding hydrogens is 458 g/mol. The molecule has 2 aliphatic heterocycles. The van der Waals surface area contributed by atoms with Gasteiger partial charge in [-0.15, -0.1) is 0 Å². The molecule has 0 aromatic heterocycles. The van der Waals surface area contributed by atoms with Crippen LogP contribution >= 0.6 is 0 Å². The van der Waals surface area contributed by atoms with Gasteiger partial charge in [-0.25, -0.2) is 0 Å². The summed E-state index contributed by atoms with van der Waals surface area (Å²) in [6, 6.07) is 5.40. The topological polar surface area (TPSA) is 97.0 Å². The second kappa shape index (κ2) is 11.3. The number of ether oxygens (including phenoxy) is 2. The molecule has 3 amide bonds. The number of carbonyl (C=O) groups is 3. The molecule has 1 unspecified atom stereocenters. The first kappa shape index (κ1) is 25.2. The molecule has 1 saturated heterocycles. The van der Waals surface area contributed by atoms with Gasteiger partial charge >= 0.3 is 0 Å². The number of nitrogens with zero attached hydrogens (tertiary/aromatic N) is 1. The van der Waals surface area contributed by atoms with E-state index in [0.29, 0.717) is 30.7 Å². The lowest BCUT2D eigenvalue weighted by Crippen LogP contribution is -2.52. The van der Waals surface area contributed by atoms with Crippen LogP contribution in [0.25, 0.3) is 0 Å². The van der Waals surface area contributed by atoms with Gasteiger partial charge in [-0.05, 0) is 94.0 Å². The third kappa shape index (κ3) is 5.59. The van der Waals surface area contributed by atoms with Gasteiger partial charge in [0, 0.05) is 31.7 Å². The molecule has 2 N–H and O–H groups in total. The first-order chi connectivity index (χ1) is 17.5. The highest BCUT2D eigenvalue weighted by Gasteiger charge is 2.39. The third-order valence-corrected chi connectivity index (χ3v) is 8.57. The molecule has 8 nitrogen and oxygen atoms in total. The Morgan fingerprint density at radius 3 is 2.61 bits per heavy atom. The molecule has 8 heteroatoms. The summed E-state index contributed by atoms with van der Waals surface area (Å²) < 4.78 is 12.0. The molecule has 0 bridgehead atoms. The van der Waals surface area contributed by atoms with Crippen LogP contribution < -0.4 is 15.4 Å². The van der Waals surface area contributed by atoms with E-state index in [-0.39, 0.29) is 30.2 Å². The molecule has 1 aromatic carbocycles. The van der Waals surface area contributed by atoms with Crippen LogP contribution in [-0.4, -0.2) is 60.6 Å². The first-order valence-corrected chi connectivity index (χ1v) is 13.7. The molecule has 1 aromatic rings. The maximum atomic E-state index is 13.0. The van der Waals surface area contributed by atoms with Crippen molar-refractivity contribution in [3.63, 3.8) is 0 Å². The van der Waals surface area contributed by atoms with E-state index in [1.807, 2.05) is 25.3 Å². The van der Waals surface area contributed by atoms with Crippen LogP contribution in [0.1, 0.15) is 86.6 Å². The maximum absolute atomic E-state index is 13.0. The van der Waals surface area contributed by atoms with Gasteiger partial charge in [-0.2, -0.15) is 0 Å². The van der Waals surface area contributed by atoms with Crippen LogP contribution in [0.3, 0.4) is 0 Å². The number of piperidine rings is 1. The highest BCUT2D eigenvalue weighted by Crippen LogP contribution is 2.32. The average molecular weight is 498 g/mol. The zero-order valence-corrected chi connectivity index (χ0v) is 21.3. The van der Waals surface area contributed by atoms with Crippen molar-refractivity contribution in [2.24, 2.45) is 5.92 Å². The fourth-order valence-electron chi connectivity index (χ4n) is 6.40. The van der Waals surface area contributed by atoms with Crippen molar-refractivity contribution in [3.05, 3.63) is 29.3 Å². The number of methoxy groups -OCH3 is 1. The summed E-state index contributed by atoms with van der Waals surface area (Å²) in [6.45, 7) is 1.39. The molecule has 4 aliphatic rings. The minimum absolute atomic E-state index is 0.115. The fourth-order valence-corrected chi connectivity index (χ4v) is 6.40. The second-order valence-electron chi connectivity index (χ2n) is 10.9. The summed E-state index contributed by atoms with van der Waals surface area (Å²) in [5, 5.41) is 6.15. The Morgan fingerprint density at radius 1 is 1.03 bits per heavy atom. The van der Waals surface area contributed by atoms with E-state index < -0.39 is 6.04 Å². The van der Waals surface area contributed by atoms with Crippen LogP contribution in [0.5, 0.6) is 5.75 Å². The predicted octanol–water partition coefficient (Wildman–Crippen LogP) is 3.32. The lowest BCUT2D eigenvalue weighted by Gasteiger charge is -2.34. The van der Waals surface area contributed by atoms with Crippen LogP contribution in [-0.2, 0) is 20.9 Å². The van der Waals surface area contributed by atoms with E-state index in [4.69, 9.17) is 9.47 Å². The molecule has 2 aliphatic carbocycles. The Bertz CT molecular complexity index is 974. The minimum atomic E-state index is -0.594. The maximum Gasteiger partial charge on any atom is 0.255 e. The van der Waals surface area contributed by atoms with Crippen LogP contribution in [0.15, 0.2) is 18.2 Å². The quantitative estimate of drug-likeness (QED) is 0.535. The lowest BCUT2D eigenvalue weighted by atomic mass is 9.85. The van der Waals surface area contributed by atoms with E-state index >= 15 is 0 Å². The minimum Gasteiger partial charge on any atom is -0.489 e. The number of fused-ring (bicyclic) bond motifs is 1. The van der Waals surface area contributed by atoms with Gasteiger partial charge in [-0.3, -0.25) is 19.7 Å². The summed E-state index contributed by atoms with van der Waals surface area (Å²) in [5.41, 5.74) is 1.50. The number of carbonyl (C=O) groups excluding carboxylic acids is 3. The van der Waals surface area contributed by atoms with Crippen molar-refractivity contribution in [1.82, 2.24) is 15.5 Å². The molecule has 196 valence electrons. The SMILES string of the molecule is COC1CCC(CCN[C@H]2CCCC[C@@H]2Oc2ccc3c(c2)CN(C2CCC(=O)NC2=O)C3=O)CC1. The van der Waals surface area contributed by atoms with Crippen molar-refractivity contribution in [1.29, 1.82) is 0 Å². The number of hydrogen-bond acceptors (Lipinski definition) is 6. The Balaban J connectivity index is 1.16. The highest BCUT2D eigenvalue weighted by atomic mass is 16.5. The third-order valence-electron chi connectivity index (χ3n) is 8.57. The lowest BCUT2D eigenvalue weighted by molar-refractivity contribution is -0.136. The molecule has 0 spiro atoms. The van der Waals surface area contributed by atoms with Gasteiger partial charge in [0.15, 0.2) is 0 Å². The first-order valence-electron chi connectivity index (χ1n) is 13.7. The molecule has 5 rings (SSSR count). The zero-order chi connectivity index (χ0) is 25.1. The number of nitrogens with one attached hydrogen (secondary N) is 2. The van der Waals surface area contributed by atoms with Crippen LogP contribution in [0.4, 0.5) is 0 Å². The van der Waals surface area contributed by atoms with Crippen LogP contribution in [0.2, 0.25) is 0 Å². The Morgan fingerprint density at radius 2 is 1.83 bits per heavy atom. The van der Waals surface area contributed by atoms with Crippen molar-refractivity contribution in [3.8, 4) is 5.75 Å². The van der Waals surface area contributed by atoms with E-state index in [2.05, 4.69) is 10.6 Å². The monoisotopic (exact) mass is 497 g/mol. The van der Waals surface area contributed by atoms with E-state index in [1.165, 1.54) is 38.5 Å². The van der Waals surface area contributed by atoms with Gasteiger partial charge in [0.25, 0.3) is 5.91 Å². The van der Waals surface area contributed by atoms with Gasteiger partial charge in [0.2, 0.25) is 11.8 Å². The normalized spacial score (nSPS) is 30.8. The van der Waals surface area contributed by atoms with Crippen molar-refractivity contribution in [2.45, 2.75) is 101 Å². The second-order valence-corrected chi connectivity index (χ2v) is 10.9. The molecule has 3 fully saturated rings. The van der Waals surface area contributed by atoms with Crippen molar-refractivity contribution in [2.75, 3.05) is 13.7 Å². The summed E-state index contributed by atoms with van der Waals surface area (Å²) >= 11 is 0. The number of hydrogen-bond donors (Lipinski definition) is 2. The van der Waals surface area contributed by atoms with E-state index in [9.17, 15) is 14.4 Å². The molecular formula is C28H39N3O5. The smallest absolute Gasteiger partial charge is 0.255 e. The van der Waals surface area contributed by atoms with Gasteiger partial charge in [0.1, 0.15) is 17.9 Å². The molecule has 0 radical (unpaired) electrons. The standard InChI is InChI=1S/C28H39N3O5/c1-35-20-8-6-18(7-9-20)14-15-29-23-4-2-3-5-25(23)36-21-10-11-22-19(16-21)17-31(28(22)34)24-12-13-26(32)30-27(24)33/h10-11,16,18,20,23-25,29H,2-9,12-15,17H2,1H3,(H,30,32,33)/t18?,20?,23-,24?,25-/m0/s1. The predicted molar refractivity (Wildman–Crippen MR) is 135 cm³/mol. The number of amides is 3. The van der Waals surface area contributed by atoms with E-state index in [1.54, 1.807) is 4.90 Å². The Labute approximate surface area is 213 Å². The summed E-state index contributed by atoms with van der Waals surface area (Å²) in [5.74, 6) is 0.761. The van der Waals surface area contributed by atoms with Crippen molar-refractivity contribution < 1.29 is 23.9 Å². The highest BCUT2D eigenvalue weighted by molar-refractivity contribution is 6.05. The molecule has 2 saturated carbocycles. The summed E-state index contributed by atoms with van der Waals surface area (Å²) in [7, 11) is 1.82. The summed E-state index contributed by atoms with van der Waals surface area (Å²) in [6.07, 6.45) is 11.8. The van der Waals surface area contributed by atoms with Gasteiger partial charge in [0.05, 0.1) is 6.10 Å². The summed E-state index contributed by atoms with van der Waals surface area (Å²) in [4.78, 5) is 38.4. The Hall–Kier alpha value is -2.45. The molecule has 2 heterocycles. The van der Waals surface area contributed by atoms with Gasteiger partial charge in [-0.1, -0.05) is 6.42 Å². The van der Waals surface area contributed by atoms with Crippen molar-refractivity contribution >= 4 is 17.7 Å².